The first-order valence-corrected chi connectivity index (χ1v) is 5.22. The summed E-state index contributed by atoms with van der Waals surface area (Å²) < 4.78 is 0. The van der Waals surface area contributed by atoms with Crippen molar-refractivity contribution in [2.45, 2.75) is 26.2 Å². The topological polar surface area (TPSA) is 37.3 Å². The standard InChI is InChI=1S/C13H14O2/c1-9-7-11(13(14)15)8-10-5-3-2-4-6-12(9)10/h4,6-8H,2-3,5H2,1H3,(H,14,15). The van der Waals surface area contributed by atoms with Gasteiger partial charge in [0.1, 0.15) is 0 Å². The summed E-state index contributed by atoms with van der Waals surface area (Å²) in [5, 5.41) is 8.96. The third kappa shape index (κ3) is 1.94. The maximum atomic E-state index is 10.9. The Hall–Kier alpha value is -1.57. The fourth-order valence-electron chi connectivity index (χ4n) is 2.05. The molecule has 1 aliphatic carbocycles. The van der Waals surface area contributed by atoms with Gasteiger partial charge >= 0.3 is 5.97 Å². The summed E-state index contributed by atoms with van der Waals surface area (Å²) in [5.41, 5.74) is 3.84. The second kappa shape index (κ2) is 3.89. The third-order valence-electron chi connectivity index (χ3n) is 2.82. The molecule has 2 rings (SSSR count). The zero-order valence-electron chi connectivity index (χ0n) is 8.79. The van der Waals surface area contributed by atoms with Crippen LogP contribution in [0.15, 0.2) is 18.2 Å². The molecule has 15 heavy (non-hydrogen) atoms. The summed E-state index contributed by atoms with van der Waals surface area (Å²) >= 11 is 0. The van der Waals surface area contributed by atoms with Crippen LogP contribution >= 0.6 is 0 Å². The molecule has 0 fully saturated rings. The van der Waals surface area contributed by atoms with Crippen LogP contribution in [0.1, 0.15) is 39.9 Å². The molecule has 0 aliphatic heterocycles. The van der Waals surface area contributed by atoms with E-state index in [0.29, 0.717) is 5.56 Å². The van der Waals surface area contributed by atoms with E-state index >= 15 is 0 Å². The molecule has 1 aromatic carbocycles. The largest absolute Gasteiger partial charge is 0.478 e. The van der Waals surface area contributed by atoms with Gasteiger partial charge in [0.05, 0.1) is 5.56 Å². The first-order chi connectivity index (χ1) is 7.18. The van der Waals surface area contributed by atoms with Crippen molar-refractivity contribution in [1.82, 2.24) is 0 Å². The molecule has 0 saturated carbocycles. The maximum absolute atomic E-state index is 10.9. The molecule has 0 aromatic heterocycles. The van der Waals surface area contributed by atoms with Gasteiger partial charge < -0.3 is 5.11 Å². The van der Waals surface area contributed by atoms with Crippen LogP contribution in [0.4, 0.5) is 0 Å². The van der Waals surface area contributed by atoms with Gasteiger partial charge in [-0.25, -0.2) is 4.79 Å². The minimum absolute atomic E-state index is 0.404. The predicted molar refractivity (Wildman–Crippen MR) is 60.1 cm³/mol. The summed E-state index contributed by atoms with van der Waals surface area (Å²) in [4.78, 5) is 10.9. The van der Waals surface area contributed by atoms with Gasteiger partial charge in [0, 0.05) is 0 Å². The number of benzene rings is 1. The fourth-order valence-corrected chi connectivity index (χ4v) is 2.05. The zero-order valence-corrected chi connectivity index (χ0v) is 8.79. The first-order valence-electron chi connectivity index (χ1n) is 5.22. The van der Waals surface area contributed by atoms with Crippen molar-refractivity contribution in [2.75, 3.05) is 0 Å². The van der Waals surface area contributed by atoms with Crippen LogP contribution < -0.4 is 0 Å². The highest BCUT2D eigenvalue weighted by molar-refractivity contribution is 5.88. The average molecular weight is 202 g/mol. The molecule has 0 saturated heterocycles. The van der Waals surface area contributed by atoms with Crippen molar-refractivity contribution in [2.24, 2.45) is 0 Å². The quantitative estimate of drug-likeness (QED) is 0.760. The highest BCUT2D eigenvalue weighted by Crippen LogP contribution is 2.23. The number of carbonyl (C=O) groups is 1. The SMILES string of the molecule is Cc1cc(C(=O)O)cc2c1C=CCCC2. The summed E-state index contributed by atoms with van der Waals surface area (Å²) in [5.74, 6) is -0.839. The molecule has 0 radical (unpaired) electrons. The number of aromatic carboxylic acids is 1. The summed E-state index contributed by atoms with van der Waals surface area (Å²) in [7, 11) is 0. The Labute approximate surface area is 89.2 Å². The van der Waals surface area contributed by atoms with Gasteiger partial charge in [-0.2, -0.15) is 0 Å². The lowest BCUT2D eigenvalue weighted by molar-refractivity contribution is 0.0696. The summed E-state index contributed by atoms with van der Waals surface area (Å²) in [6.45, 7) is 1.97. The van der Waals surface area contributed by atoms with E-state index in [1.807, 2.05) is 6.92 Å². The Bertz CT molecular complexity index is 430. The summed E-state index contributed by atoms with van der Waals surface area (Å²) in [6, 6.07) is 3.55. The molecule has 0 spiro atoms. The van der Waals surface area contributed by atoms with Crippen LogP contribution in [-0.2, 0) is 6.42 Å². The molecule has 1 N–H and O–H groups in total. The molecule has 2 nitrogen and oxygen atoms in total. The van der Waals surface area contributed by atoms with E-state index in [1.165, 1.54) is 11.1 Å². The fraction of sp³-hybridized carbons (Fsp3) is 0.308. The van der Waals surface area contributed by atoms with Gasteiger partial charge in [0.2, 0.25) is 0 Å². The molecule has 0 bridgehead atoms. The second-order valence-electron chi connectivity index (χ2n) is 3.97. The highest BCUT2D eigenvalue weighted by atomic mass is 16.4. The number of allylic oxidation sites excluding steroid dienone is 1. The van der Waals surface area contributed by atoms with Gasteiger partial charge in [-0.05, 0) is 55.0 Å². The molecule has 78 valence electrons. The van der Waals surface area contributed by atoms with Crippen molar-refractivity contribution in [3.8, 4) is 0 Å². The number of carboxylic acid groups (broad SMARTS) is 1. The first kappa shape index (κ1) is 9.97. The number of hydrogen-bond donors (Lipinski definition) is 1. The van der Waals surface area contributed by atoms with Gasteiger partial charge in [-0.3, -0.25) is 0 Å². The van der Waals surface area contributed by atoms with Crippen LogP contribution in [0, 0.1) is 6.92 Å². The minimum atomic E-state index is -0.839. The van der Waals surface area contributed by atoms with Crippen molar-refractivity contribution in [3.63, 3.8) is 0 Å². The van der Waals surface area contributed by atoms with Crippen LogP contribution in [0.2, 0.25) is 0 Å². The van der Waals surface area contributed by atoms with Crippen molar-refractivity contribution < 1.29 is 9.90 Å². The van der Waals surface area contributed by atoms with Gasteiger partial charge in [0.15, 0.2) is 0 Å². The molecular weight excluding hydrogens is 188 g/mol. The lowest BCUT2D eigenvalue weighted by Crippen LogP contribution is -2.01. The molecule has 2 heteroatoms. The second-order valence-corrected chi connectivity index (χ2v) is 3.97. The smallest absolute Gasteiger partial charge is 0.335 e. The zero-order chi connectivity index (χ0) is 10.8. The molecule has 0 amide bonds. The van der Waals surface area contributed by atoms with Gasteiger partial charge in [0.25, 0.3) is 0 Å². The van der Waals surface area contributed by atoms with E-state index in [4.69, 9.17) is 5.11 Å². The monoisotopic (exact) mass is 202 g/mol. The Morgan fingerprint density at radius 2 is 2.20 bits per heavy atom. The van der Waals surface area contributed by atoms with Crippen molar-refractivity contribution in [1.29, 1.82) is 0 Å². The lowest BCUT2D eigenvalue weighted by atomic mass is 9.96. The molecule has 0 unspecified atom stereocenters. The lowest BCUT2D eigenvalue weighted by Gasteiger charge is -2.08. The van der Waals surface area contributed by atoms with Crippen molar-refractivity contribution >= 4 is 12.0 Å². The number of hydrogen-bond acceptors (Lipinski definition) is 1. The Balaban J connectivity index is 2.56. The van der Waals surface area contributed by atoms with Crippen LogP contribution in [0.25, 0.3) is 6.08 Å². The highest BCUT2D eigenvalue weighted by Gasteiger charge is 2.11. The average Bonchev–Trinajstić information content (AvgIpc) is 2.42. The number of rotatable bonds is 1. The summed E-state index contributed by atoms with van der Waals surface area (Å²) in [6.07, 6.45) is 7.44. The van der Waals surface area contributed by atoms with E-state index in [-0.39, 0.29) is 0 Å². The number of carboxylic acids is 1. The van der Waals surface area contributed by atoms with E-state index in [0.717, 1.165) is 24.8 Å². The normalized spacial score (nSPS) is 14.5. The Morgan fingerprint density at radius 3 is 2.93 bits per heavy atom. The van der Waals surface area contributed by atoms with E-state index in [9.17, 15) is 4.79 Å². The van der Waals surface area contributed by atoms with Gasteiger partial charge in [-0.1, -0.05) is 12.2 Å². The third-order valence-corrected chi connectivity index (χ3v) is 2.82. The maximum Gasteiger partial charge on any atom is 0.335 e. The Morgan fingerprint density at radius 1 is 1.40 bits per heavy atom. The molecule has 1 aliphatic rings. The molecule has 0 heterocycles. The van der Waals surface area contributed by atoms with E-state index < -0.39 is 5.97 Å². The molecule has 0 atom stereocenters. The minimum Gasteiger partial charge on any atom is -0.478 e. The number of fused-ring (bicyclic) bond motifs is 1. The van der Waals surface area contributed by atoms with Crippen LogP contribution in [0.5, 0.6) is 0 Å². The Kier molecular flexibility index (Phi) is 2.58. The van der Waals surface area contributed by atoms with E-state index in [2.05, 4.69) is 12.2 Å². The number of aryl methyl sites for hydroxylation is 2. The van der Waals surface area contributed by atoms with Crippen LogP contribution in [0.3, 0.4) is 0 Å². The van der Waals surface area contributed by atoms with Crippen molar-refractivity contribution in [3.05, 3.63) is 40.5 Å². The predicted octanol–water partition coefficient (Wildman–Crippen LogP) is 3.04. The van der Waals surface area contributed by atoms with Crippen LogP contribution in [-0.4, -0.2) is 11.1 Å². The van der Waals surface area contributed by atoms with Gasteiger partial charge in [-0.15, -0.1) is 0 Å². The molecule has 1 aromatic rings. The van der Waals surface area contributed by atoms with E-state index in [1.54, 1.807) is 12.1 Å². The molecular formula is C13H14O2.